The second kappa shape index (κ2) is 8.50. The van der Waals surface area contributed by atoms with Crippen molar-refractivity contribution in [2.45, 2.75) is 19.9 Å². The molecule has 0 bridgehead atoms. The smallest absolute Gasteiger partial charge is 0.134 e. The van der Waals surface area contributed by atoms with Crippen LogP contribution in [0, 0.1) is 5.82 Å². The lowest BCUT2D eigenvalue weighted by Gasteiger charge is -2.22. The Morgan fingerprint density at radius 2 is 1.79 bits per heavy atom. The average Bonchev–Trinajstić information content (AvgIpc) is 3.46. The Bertz CT molecular complexity index is 1420. The van der Waals surface area contributed by atoms with Gasteiger partial charge in [0.1, 0.15) is 17.2 Å². The molecule has 0 atom stereocenters. The number of pyridine rings is 1. The highest BCUT2D eigenvalue weighted by atomic mass is 19.1. The minimum absolute atomic E-state index is 0.229. The summed E-state index contributed by atoms with van der Waals surface area (Å²) in [6, 6.07) is 15.1. The molecular weight excluding hydrogens is 415 g/mol. The Labute approximate surface area is 192 Å². The van der Waals surface area contributed by atoms with E-state index >= 15 is 0 Å². The van der Waals surface area contributed by atoms with Crippen LogP contribution >= 0.6 is 0 Å². The van der Waals surface area contributed by atoms with E-state index in [1.165, 1.54) is 17.7 Å². The highest BCUT2D eigenvalue weighted by Crippen LogP contribution is 2.31. The number of aryl methyl sites for hydroxylation is 2. The lowest BCUT2D eigenvalue weighted by Crippen LogP contribution is -2.13. The van der Waals surface area contributed by atoms with Crippen molar-refractivity contribution < 1.29 is 4.39 Å². The van der Waals surface area contributed by atoms with Crippen LogP contribution in [0.25, 0.3) is 22.2 Å². The van der Waals surface area contributed by atoms with Crippen LogP contribution in [-0.4, -0.2) is 31.4 Å². The fourth-order valence-electron chi connectivity index (χ4n) is 4.08. The predicted molar refractivity (Wildman–Crippen MR) is 129 cm³/mol. The lowest BCUT2D eigenvalue weighted by atomic mass is 10.0. The first-order valence-corrected chi connectivity index (χ1v) is 10.9. The predicted octanol–water partition coefficient (Wildman–Crippen LogP) is 5.35. The van der Waals surface area contributed by atoms with Gasteiger partial charge in [-0.2, -0.15) is 5.10 Å². The molecule has 3 heterocycles. The number of hydrogen-bond donors (Lipinski definition) is 0. The molecule has 5 aromatic rings. The normalized spacial score (nSPS) is 11.3. The largest absolute Gasteiger partial charge is 0.334 e. The van der Waals surface area contributed by atoms with Gasteiger partial charge in [-0.05, 0) is 47.4 Å². The maximum Gasteiger partial charge on any atom is 0.134 e. The average molecular weight is 441 g/mol. The van der Waals surface area contributed by atoms with Crippen LogP contribution in [0.5, 0.6) is 0 Å². The van der Waals surface area contributed by atoms with E-state index in [-0.39, 0.29) is 5.82 Å². The Hall–Kier alpha value is -4.00. The lowest BCUT2D eigenvalue weighted by molar-refractivity contribution is 0.624. The molecule has 0 aliphatic carbocycles. The van der Waals surface area contributed by atoms with Gasteiger partial charge in [0.25, 0.3) is 0 Å². The number of imidazole rings is 1. The number of hydrogen-bond acceptors (Lipinski definition) is 4. The summed E-state index contributed by atoms with van der Waals surface area (Å²) in [5, 5.41) is 4.50. The highest BCUT2D eigenvalue weighted by Gasteiger charge is 2.13. The molecule has 0 saturated heterocycles. The first-order chi connectivity index (χ1) is 16.0. The molecule has 0 saturated carbocycles. The zero-order chi connectivity index (χ0) is 22.9. The molecule has 166 valence electrons. The number of benzene rings is 2. The third-order valence-corrected chi connectivity index (χ3v) is 5.99. The van der Waals surface area contributed by atoms with Crippen LogP contribution in [-0.2, 0) is 20.0 Å². The van der Waals surface area contributed by atoms with Gasteiger partial charge in [-0.3, -0.25) is 4.68 Å². The summed E-state index contributed by atoms with van der Waals surface area (Å²) in [6.45, 7) is 2.76. The molecule has 7 heteroatoms. The van der Waals surface area contributed by atoms with Gasteiger partial charge in [0.15, 0.2) is 0 Å². The zero-order valence-corrected chi connectivity index (χ0v) is 18.9. The van der Waals surface area contributed by atoms with Crippen molar-refractivity contribution in [3.05, 3.63) is 90.4 Å². The van der Waals surface area contributed by atoms with Crippen LogP contribution in [0.3, 0.4) is 0 Å². The molecule has 33 heavy (non-hydrogen) atoms. The van der Waals surface area contributed by atoms with E-state index in [9.17, 15) is 4.39 Å². The van der Waals surface area contributed by atoms with Crippen molar-refractivity contribution in [1.29, 1.82) is 0 Å². The van der Waals surface area contributed by atoms with Crippen LogP contribution in [0.15, 0.2) is 73.4 Å². The van der Waals surface area contributed by atoms with Gasteiger partial charge < -0.3 is 9.47 Å². The van der Waals surface area contributed by atoms with Gasteiger partial charge >= 0.3 is 0 Å². The van der Waals surface area contributed by atoms with Crippen LogP contribution < -0.4 is 4.90 Å². The first kappa shape index (κ1) is 20.9. The molecule has 0 amide bonds. The van der Waals surface area contributed by atoms with Crippen molar-refractivity contribution in [3.63, 3.8) is 0 Å². The summed E-state index contributed by atoms with van der Waals surface area (Å²) in [5.41, 5.74) is 7.46. The van der Waals surface area contributed by atoms with Crippen molar-refractivity contribution in [2.24, 2.45) is 7.05 Å². The summed E-state index contributed by atoms with van der Waals surface area (Å²) >= 11 is 0. The summed E-state index contributed by atoms with van der Waals surface area (Å²) in [4.78, 5) is 11.1. The highest BCUT2D eigenvalue weighted by molar-refractivity contribution is 5.79. The molecule has 0 aliphatic heterocycles. The minimum Gasteiger partial charge on any atom is -0.334 e. The Morgan fingerprint density at radius 1 is 0.970 bits per heavy atom. The maximum absolute atomic E-state index is 13.2. The SMILES string of the molecule is CCc1cc(-c2cnn(Cc3ccc(F)cc3)c2)ccc1N(C)c1cc2c(cn1)ncn2C. The van der Waals surface area contributed by atoms with Crippen molar-refractivity contribution in [3.8, 4) is 11.1 Å². The quantitative estimate of drug-likeness (QED) is 0.357. The third kappa shape index (κ3) is 4.09. The maximum atomic E-state index is 13.2. The standard InChI is InChI=1S/C26H25FN6/c1-4-19-11-20(21-13-30-33(16-21)15-18-5-8-22(27)9-6-18)7-10-24(19)32(3)26-12-25-23(14-28-26)29-17-31(25)2/h5-14,16-17H,4,15H2,1-3H3. The number of rotatable bonds is 6. The van der Waals surface area contributed by atoms with Gasteiger partial charge in [0.05, 0.1) is 30.8 Å². The van der Waals surface area contributed by atoms with E-state index in [2.05, 4.69) is 51.2 Å². The Morgan fingerprint density at radius 3 is 2.58 bits per heavy atom. The summed E-state index contributed by atoms with van der Waals surface area (Å²) in [5.74, 6) is 0.646. The van der Waals surface area contributed by atoms with Gasteiger partial charge in [0.2, 0.25) is 0 Å². The molecule has 0 radical (unpaired) electrons. The summed E-state index contributed by atoms with van der Waals surface area (Å²) in [6.07, 6.45) is 8.42. The van der Waals surface area contributed by atoms with E-state index in [4.69, 9.17) is 0 Å². The molecular formula is C26H25FN6. The second-order valence-electron chi connectivity index (χ2n) is 8.20. The number of anilines is 2. The topological polar surface area (TPSA) is 51.8 Å². The fraction of sp³-hybridized carbons (Fsp3) is 0.192. The van der Waals surface area contributed by atoms with Crippen molar-refractivity contribution >= 4 is 22.5 Å². The van der Waals surface area contributed by atoms with Gasteiger partial charge in [0, 0.05) is 37.6 Å². The third-order valence-electron chi connectivity index (χ3n) is 5.99. The molecule has 3 aromatic heterocycles. The van der Waals surface area contributed by atoms with E-state index in [1.54, 1.807) is 18.5 Å². The molecule has 0 unspecified atom stereocenters. The Balaban J connectivity index is 1.41. The fourth-order valence-corrected chi connectivity index (χ4v) is 4.08. The first-order valence-electron chi connectivity index (χ1n) is 10.9. The number of halogens is 1. The van der Waals surface area contributed by atoms with Crippen molar-refractivity contribution in [2.75, 3.05) is 11.9 Å². The molecule has 2 aromatic carbocycles. The van der Waals surface area contributed by atoms with E-state index in [0.29, 0.717) is 6.54 Å². The molecule has 0 fully saturated rings. The second-order valence-corrected chi connectivity index (χ2v) is 8.20. The van der Waals surface area contributed by atoms with E-state index in [1.807, 2.05) is 41.9 Å². The molecule has 0 aliphatic rings. The van der Waals surface area contributed by atoms with Gasteiger partial charge in [-0.1, -0.05) is 25.1 Å². The number of fused-ring (bicyclic) bond motifs is 1. The van der Waals surface area contributed by atoms with Crippen LogP contribution in [0.4, 0.5) is 15.9 Å². The van der Waals surface area contributed by atoms with E-state index < -0.39 is 0 Å². The Kier molecular flexibility index (Phi) is 5.38. The molecule has 0 N–H and O–H groups in total. The monoisotopic (exact) mass is 440 g/mol. The van der Waals surface area contributed by atoms with Crippen LogP contribution in [0.2, 0.25) is 0 Å². The van der Waals surface area contributed by atoms with Gasteiger partial charge in [-0.15, -0.1) is 0 Å². The zero-order valence-electron chi connectivity index (χ0n) is 18.9. The summed E-state index contributed by atoms with van der Waals surface area (Å²) < 4.78 is 17.0. The number of nitrogens with zero attached hydrogens (tertiary/aromatic N) is 6. The minimum atomic E-state index is -0.229. The van der Waals surface area contributed by atoms with E-state index in [0.717, 1.165) is 45.6 Å². The van der Waals surface area contributed by atoms with Crippen molar-refractivity contribution in [1.82, 2.24) is 24.3 Å². The molecule has 6 nitrogen and oxygen atoms in total. The van der Waals surface area contributed by atoms with Crippen LogP contribution in [0.1, 0.15) is 18.1 Å². The number of aromatic nitrogens is 5. The molecule has 5 rings (SSSR count). The van der Waals surface area contributed by atoms with Gasteiger partial charge in [-0.25, -0.2) is 14.4 Å². The molecule has 0 spiro atoms. The summed E-state index contributed by atoms with van der Waals surface area (Å²) in [7, 11) is 4.03.